The van der Waals surface area contributed by atoms with Crippen molar-refractivity contribution < 1.29 is 8.42 Å². The van der Waals surface area contributed by atoms with E-state index in [9.17, 15) is 8.42 Å². The van der Waals surface area contributed by atoms with Gasteiger partial charge in [0.15, 0.2) is 0 Å². The van der Waals surface area contributed by atoms with Crippen LogP contribution in [0.4, 0.5) is 0 Å². The van der Waals surface area contributed by atoms with Gasteiger partial charge < -0.3 is 4.90 Å². The molecule has 26 heavy (non-hydrogen) atoms. The van der Waals surface area contributed by atoms with Crippen molar-refractivity contribution in [1.29, 1.82) is 0 Å². The summed E-state index contributed by atoms with van der Waals surface area (Å²) in [6, 6.07) is 10.8. The zero-order chi connectivity index (χ0) is 18.2. The molecule has 1 unspecified atom stereocenters. The van der Waals surface area contributed by atoms with Crippen LogP contribution in [0.5, 0.6) is 0 Å². The third-order valence-corrected chi connectivity index (χ3v) is 8.62. The Balaban J connectivity index is 1.45. The molecule has 6 heteroatoms. The number of hydrogen-bond acceptors (Lipinski definition) is 3. The number of benzene rings is 1. The van der Waals surface area contributed by atoms with E-state index in [1.807, 2.05) is 0 Å². The Morgan fingerprint density at radius 1 is 0.962 bits per heavy atom. The Labute approximate surface area is 158 Å². The maximum absolute atomic E-state index is 12.9. The van der Waals surface area contributed by atoms with Gasteiger partial charge in [0.05, 0.1) is 0 Å². The lowest BCUT2D eigenvalue weighted by Crippen LogP contribution is -2.53. The fourth-order valence-electron chi connectivity index (χ4n) is 5.25. The minimum absolute atomic E-state index is 0.255. The molecule has 3 fully saturated rings. The maximum Gasteiger partial charge on any atom is 0.281 e. The van der Waals surface area contributed by atoms with Crippen molar-refractivity contribution >= 4 is 10.2 Å². The molecule has 0 radical (unpaired) electrons. The van der Waals surface area contributed by atoms with Crippen LogP contribution in [0.15, 0.2) is 30.3 Å². The van der Waals surface area contributed by atoms with E-state index in [0.29, 0.717) is 32.1 Å². The van der Waals surface area contributed by atoms with Crippen LogP contribution in [0.3, 0.4) is 0 Å². The van der Waals surface area contributed by atoms with Crippen LogP contribution in [0.2, 0.25) is 0 Å². The predicted octanol–water partition coefficient (Wildman–Crippen LogP) is 2.53. The Hall–Kier alpha value is -0.950. The van der Waals surface area contributed by atoms with Crippen molar-refractivity contribution in [2.24, 2.45) is 5.41 Å². The quantitative estimate of drug-likeness (QED) is 0.813. The molecule has 4 rings (SSSR count). The van der Waals surface area contributed by atoms with Gasteiger partial charge in [0, 0.05) is 39.3 Å². The molecule has 5 nitrogen and oxygen atoms in total. The summed E-state index contributed by atoms with van der Waals surface area (Å²) in [5, 5.41) is 0. The summed E-state index contributed by atoms with van der Waals surface area (Å²) in [6.07, 6.45) is 5.14. The lowest BCUT2D eigenvalue weighted by Gasteiger charge is -2.49. The van der Waals surface area contributed by atoms with Crippen molar-refractivity contribution in [2.75, 3.05) is 46.3 Å². The first-order chi connectivity index (χ1) is 12.5. The van der Waals surface area contributed by atoms with Crippen LogP contribution < -0.4 is 0 Å². The van der Waals surface area contributed by atoms with Crippen molar-refractivity contribution in [3.63, 3.8) is 0 Å². The van der Waals surface area contributed by atoms with Gasteiger partial charge in [-0.1, -0.05) is 30.3 Å². The molecular weight excluding hydrogens is 346 g/mol. The normalized spacial score (nSPS) is 28.6. The first-order valence-corrected chi connectivity index (χ1v) is 11.4. The highest BCUT2D eigenvalue weighted by Crippen LogP contribution is 2.45. The SMILES string of the molecule is CN1CC(c2ccccc2)CC2(CCN(S(=O)(=O)N3CCCC3)CC2)C1. The van der Waals surface area contributed by atoms with Gasteiger partial charge in [-0.15, -0.1) is 0 Å². The number of rotatable bonds is 3. The minimum atomic E-state index is -3.24. The second kappa shape index (κ2) is 7.23. The number of likely N-dealkylation sites (N-methyl/N-ethyl adjacent to an activating group) is 1. The Morgan fingerprint density at radius 2 is 1.58 bits per heavy atom. The first kappa shape index (κ1) is 18.4. The van der Waals surface area contributed by atoms with Crippen molar-refractivity contribution in [1.82, 2.24) is 13.5 Å². The average molecular weight is 378 g/mol. The number of nitrogens with zero attached hydrogens (tertiary/aromatic N) is 3. The highest BCUT2D eigenvalue weighted by Gasteiger charge is 2.44. The van der Waals surface area contributed by atoms with Crippen LogP contribution in [-0.4, -0.2) is 68.2 Å². The van der Waals surface area contributed by atoms with E-state index in [0.717, 1.165) is 38.8 Å². The zero-order valence-corrected chi connectivity index (χ0v) is 16.6. The molecule has 3 aliphatic heterocycles. The summed E-state index contributed by atoms with van der Waals surface area (Å²) in [5.41, 5.74) is 1.68. The summed E-state index contributed by atoms with van der Waals surface area (Å²) in [4.78, 5) is 2.45. The lowest BCUT2D eigenvalue weighted by molar-refractivity contribution is 0.0430. The second-order valence-corrected chi connectivity index (χ2v) is 10.4. The fourth-order valence-corrected chi connectivity index (χ4v) is 6.94. The lowest BCUT2D eigenvalue weighted by atomic mass is 9.68. The van der Waals surface area contributed by atoms with Crippen LogP contribution >= 0.6 is 0 Å². The summed E-state index contributed by atoms with van der Waals surface area (Å²) in [6.45, 7) is 4.93. The molecule has 3 heterocycles. The van der Waals surface area contributed by atoms with Crippen molar-refractivity contribution in [3.05, 3.63) is 35.9 Å². The molecule has 3 aliphatic rings. The smallest absolute Gasteiger partial charge is 0.281 e. The molecule has 1 atom stereocenters. The molecular formula is C20H31N3O2S. The predicted molar refractivity (Wildman–Crippen MR) is 104 cm³/mol. The van der Waals surface area contributed by atoms with E-state index in [1.165, 1.54) is 12.0 Å². The standard InChI is InChI=1S/C20H31N3O2S/c1-21-16-19(18-7-3-2-4-8-18)15-20(17-21)9-13-23(14-10-20)26(24,25)22-11-5-6-12-22/h2-4,7-8,19H,5-6,9-17H2,1H3. The van der Waals surface area contributed by atoms with E-state index in [4.69, 9.17) is 0 Å². The van der Waals surface area contributed by atoms with Gasteiger partial charge in [-0.2, -0.15) is 17.0 Å². The van der Waals surface area contributed by atoms with Gasteiger partial charge in [0.1, 0.15) is 0 Å². The van der Waals surface area contributed by atoms with E-state index < -0.39 is 10.2 Å². The van der Waals surface area contributed by atoms with E-state index in [1.54, 1.807) is 8.61 Å². The molecule has 0 amide bonds. The highest BCUT2D eigenvalue weighted by atomic mass is 32.2. The summed E-state index contributed by atoms with van der Waals surface area (Å²) in [5.74, 6) is 0.552. The number of piperidine rings is 2. The molecule has 3 saturated heterocycles. The topological polar surface area (TPSA) is 43.9 Å². The van der Waals surface area contributed by atoms with Gasteiger partial charge >= 0.3 is 0 Å². The fraction of sp³-hybridized carbons (Fsp3) is 0.700. The molecule has 1 aromatic carbocycles. The molecule has 144 valence electrons. The highest BCUT2D eigenvalue weighted by molar-refractivity contribution is 7.86. The largest absolute Gasteiger partial charge is 0.305 e. The number of hydrogen-bond donors (Lipinski definition) is 0. The van der Waals surface area contributed by atoms with Crippen LogP contribution in [0, 0.1) is 5.41 Å². The Morgan fingerprint density at radius 3 is 2.23 bits per heavy atom. The Kier molecular flexibility index (Phi) is 5.12. The van der Waals surface area contributed by atoms with Gasteiger partial charge in [-0.25, -0.2) is 0 Å². The summed E-state index contributed by atoms with van der Waals surface area (Å²) in [7, 11) is -1.03. The minimum Gasteiger partial charge on any atom is -0.305 e. The van der Waals surface area contributed by atoms with Crippen molar-refractivity contribution in [3.8, 4) is 0 Å². The molecule has 0 aliphatic carbocycles. The molecule has 1 aromatic rings. The second-order valence-electron chi connectivity index (χ2n) is 8.52. The van der Waals surface area contributed by atoms with Crippen molar-refractivity contribution in [2.45, 2.75) is 38.0 Å². The number of likely N-dealkylation sites (tertiary alicyclic amines) is 1. The monoisotopic (exact) mass is 377 g/mol. The molecule has 0 saturated carbocycles. The van der Waals surface area contributed by atoms with Gasteiger partial charge in [0.2, 0.25) is 0 Å². The zero-order valence-electron chi connectivity index (χ0n) is 15.8. The molecule has 0 aromatic heterocycles. The Bertz CT molecular complexity index is 708. The summed E-state index contributed by atoms with van der Waals surface area (Å²) < 4.78 is 29.1. The maximum atomic E-state index is 12.9. The van der Waals surface area contributed by atoms with E-state index >= 15 is 0 Å². The van der Waals surface area contributed by atoms with Crippen LogP contribution in [-0.2, 0) is 10.2 Å². The summed E-state index contributed by atoms with van der Waals surface area (Å²) >= 11 is 0. The van der Waals surface area contributed by atoms with E-state index in [-0.39, 0.29) is 5.41 Å². The third kappa shape index (κ3) is 3.57. The molecule has 0 N–H and O–H groups in total. The van der Waals surface area contributed by atoms with Gasteiger partial charge in [-0.3, -0.25) is 0 Å². The molecule has 0 bridgehead atoms. The van der Waals surface area contributed by atoms with Gasteiger partial charge in [0.25, 0.3) is 10.2 Å². The molecule has 1 spiro atoms. The average Bonchev–Trinajstić information content (AvgIpc) is 3.18. The van der Waals surface area contributed by atoms with Gasteiger partial charge in [-0.05, 0) is 56.0 Å². The van der Waals surface area contributed by atoms with Crippen LogP contribution in [0.25, 0.3) is 0 Å². The van der Waals surface area contributed by atoms with E-state index in [2.05, 4.69) is 42.3 Å². The van der Waals surface area contributed by atoms with Crippen LogP contribution in [0.1, 0.15) is 43.6 Å². The third-order valence-electron chi connectivity index (χ3n) is 6.59. The first-order valence-electron chi connectivity index (χ1n) is 9.97.